The number of aromatic nitrogens is 1. The highest BCUT2D eigenvalue weighted by molar-refractivity contribution is 5.90. The lowest BCUT2D eigenvalue weighted by molar-refractivity contribution is -0.384. The van der Waals surface area contributed by atoms with Gasteiger partial charge in [-0.15, -0.1) is 0 Å². The second kappa shape index (κ2) is 8.80. The number of carbonyl (C=O) groups is 1. The average Bonchev–Trinajstić information content (AvgIpc) is 2.71. The third kappa shape index (κ3) is 4.84. The Balaban J connectivity index is 1.79. The van der Waals surface area contributed by atoms with Gasteiger partial charge in [0.15, 0.2) is 0 Å². The van der Waals surface area contributed by atoms with Crippen molar-refractivity contribution in [1.82, 2.24) is 4.98 Å². The van der Waals surface area contributed by atoms with Crippen LogP contribution in [0.15, 0.2) is 48.5 Å². The molecule has 0 bridgehead atoms. The standard InChI is InChI=1S/C21H19N5O3/c1-2-4-21(27)24-16-6-3-5-14(9-16)13-23-20-10-15(12-22)18-11-17(26(28)29)7-8-19(18)25-20/h3,5-11H,2,4,13H2,1H3,(H,23,25)(H,24,27). The third-order valence-electron chi connectivity index (χ3n) is 4.28. The Morgan fingerprint density at radius 1 is 1.24 bits per heavy atom. The lowest BCUT2D eigenvalue weighted by Gasteiger charge is -2.10. The summed E-state index contributed by atoms with van der Waals surface area (Å²) in [6.45, 7) is 2.39. The molecule has 0 atom stereocenters. The molecule has 0 aliphatic carbocycles. The van der Waals surface area contributed by atoms with Gasteiger partial charge in [0.1, 0.15) is 5.82 Å². The quantitative estimate of drug-likeness (QED) is 0.457. The summed E-state index contributed by atoms with van der Waals surface area (Å²) in [5, 5.41) is 26.8. The van der Waals surface area contributed by atoms with Gasteiger partial charge in [-0.1, -0.05) is 19.1 Å². The topological polar surface area (TPSA) is 121 Å². The Morgan fingerprint density at radius 3 is 2.79 bits per heavy atom. The van der Waals surface area contributed by atoms with E-state index in [1.807, 2.05) is 31.2 Å². The fourth-order valence-electron chi connectivity index (χ4n) is 2.91. The second-order valence-electron chi connectivity index (χ2n) is 6.48. The van der Waals surface area contributed by atoms with Gasteiger partial charge in [-0.3, -0.25) is 14.9 Å². The molecule has 3 rings (SSSR count). The molecule has 0 saturated carbocycles. The highest BCUT2D eigenvalue weighted by Crippen LogP contribution is 2.25. The minimum atomic E-state index is -0.501. The van der Waals surface area contributed by atoms with E-state index in [9.17, 15) is 20.2 Å². The Kier molecular flexibility index (Phi) is 6.00. The van der Waals surface area contributed by atoms with Crippen LogP contribution in [0.5, 0.6) is 0 Å². The number of pyridine rings is 1. The van der Waals surface area contributed by atoms with Gasteiger partial charge in [0, 0.05) is 36.2 Å². The summed E-state index contributed by atoms with van der Waals surface area (Å²) < 4.78 is 0. The molecule has 0 spiro atoms. The molecule has 0 aliphatic heterocycles. The van der Waals surface area contributed by atoms with Gasteiger partial charge in [-0.25, -0.2) is 4.98 Å². The number of carbonyl (C=O) groups excluding carboxylic acids is 1. The largest absolute Gasteiger partial charge is 0.366 e. The number of benzene rings is 2. The molecule has 0 saturated heterocycles. The Hall–Kier alpha value is -3.99. The number of anilines is 2. The molecule has 0 unspecified atom stereocenters. The number of fused-ring (bicyclic) bond motifs is 1. The van der Waals surface area contributed by atoms with E-state index < -0.39 is 4.92 Å². The highest BCUT2D eigenvalue weighted by atomic mass is 16.6. The summed E-state index contributed by atoms with van der Waals surface area (Å²) >= 11 is 0. The number of rotatable bonds is 7. The Morgan fingerprint density at radius 2 is 2.07 bits per heavy atom. The van der Waals surface area contributed by atoms with E-state index in [1.54, 1.807) is 6.07 Å². The highest BCUT2D eigenvalue weighted by Gasteiger charge is 2.11. The summed E-state index contributed by atoms with van der Waals surface area (Å²) in [6.07, 6.45) is 1.25. The lowest BCUT2D eigenvalue weighted by atomic mass is 10.1. The first-order valence-corrected chi connectivity index (χ1v) is 9.12. The number of non-ortho nitro benzene ring substituents is 1. The van der Waals surface area contributed by atoms with E-state index in [2.05, 4.69) is 21.7 Å². The summed E-state index contributed by atoms with van der Waals surface area (Å²) in [7, 11) is 0. The van der Waals surface area contributed by atoms with Crippen molar-refractivity contribution < 1.29 is 9.72 Å². The van der Waals surface area contributed by atoms with E-state index in [0.29, 0.717) is 35.2 Å². The van der Waals surface area contributed by atoms with E-state index in [-0.39, 0.29) is 11.6 Å². The molecule has 3 aromatic rings. The van der Waals surface area contributed by atoms with Gasteiger partial charge in [-0.2, -0.15) is 5.26 Å². The van der Waals surface area contributed by atoms with Crippen LogP contribution in [-0.4, -0.2) is 15.8 Å². The maximum Gasteiger partial charge on any atom is 0.270 e. The number of nitrogens with zero attached hydrogens (tertiary/aromatic N) is 3. The zero-order valence-electron chi connectivity index (χ0n) is 15.8. The van der Waals surface area contributed by atoms with Crippen molar-refractivity contribution in [1.29, 1.82) is 5.26 Å². The van der Waals surface area contributed by atoms with Crippen LogP contribution in [0.1, 0.15) is 30.9 Å². The van der Waals surface area contributed by atoms with Gasteiger partial charge in [0.05, 0.1) is 22.1 Å². The van der Waals surface area contributed by atoms with E-state index in [1.165, 1.54) is 18.2 Å². The van der Waals surface area contributed by atoms with Crippen molar-refractivity contribution in [3.05, 3.63) is 69.8 Å². The van der Waals surface area contributed by atoms with Gasteiger partial charge in [0.25, 0.3) is 5.69 Å². The molecule has 1 aromatic heterocycles. The van der Waals surface area contributed by atoms with Crippen LogP contribution in [0.4, 0.5) is 17.2 Å². The van der Waals surface area contributed by atoms with Crippen molar-refractivity contribution in [2.75, 3.05) is 10.6 Å². The number of nitro benzene ring substituents is 1. The van der Waals surface area contributed by atoms with Crippen LogP contribution in [0.3, 0.4) is 0 Å². The zero-order valence-corrected chi connectivity index (χ0v) is 15.8. The van der Waals surface area contributed by atoms with Crippen molar-refractivity contribution in [3.63, 3.8) is 0 Å². The van der Waals surface area contributed by atoms with Crippen molar-refractivity contribution in [2.45, 2.75) is 26.3 Å². The van der Waals surface area contributed by atoms with E-state index >= 15 is 0 Å². The molecule has 2 N–H and O–H groups in total. The third-order valence-corrected chi connectivity index (χ3v) is 4.28. The number of hydrogen-bond donors (Lipinski definition) is 2. The maximum atomic E-state index is 11.8. The monoisotopic (exact) mass is 389 g/mol. The molecular formula is C21H19N5O3. The van der Waals surface area contributed by atoms with E-state index in [0.717, 1.165) is 17.7 Å². The number of nitrogens with one attached hydrogen (secondary N) is 2. The normalized spacial score (nSPS) is 10.3. The molecule has 8 nitrogen and oxygen atoms in total. The van der Waals surface area contributed by atoms with Gasteiger partial charge in [-0.05, 0) is 36.2 Å². The lowest BCUT2D eigenvalue weighted by Crippen LogP contribution is -2.11. The van der Waals surface area contributed by atoms with Gasteiger partial charge >= 0.3 is 0 Å². The van der Waals surface area contributed by atoms with Crippen molar-refractivity contribution in [3.8, 4) is 6.07 Å². The molecule has 1 amide bonds. The van der Waals surface area contributed by atoms with Crippen LogP contribution in [0, 0.1) is 21.4 Å². The zero-order chi connectivity index (χ0) is 20.8. The molecule has 146 valence electrons. The minimum absolute atomic E-state index is 0.0263. The summed E-state index contributed by atoms with van der Waals surface area (Å²) in [6, 6.07) is 15.3. The summed E-state index contributed by atoms with van der Waals surface area (Å²) in [4.78, 5) is 26.7. The number of amides is 1. The SMILES string of the molecule is CCCC(=O)Nc1cccc(CNc2cc(C#N)c3cc([N+](=O)[O-])ccc3n2)c1. The van der Waals surface area contributed by atoms with Gasteiger partial charge in [0.2, 0.25) is 5.91 Å². The fraction of sp³-hybridized carbons (Fsp3) is 0.190. The summed E-state index contributed by atoms with van der Waals surface area (Å²) in [5.41, 5.74) is 2.38. The maximum absolute atomic E-state index is 11.8. The summed E-state index contributed by atoms with van der Waals surface area (Å²) in [5.74, 6) is 0.463. The first-order valence-electron chi connectivity index (χ1n) is 9.12. The van der Waals surface area contributed by atoms with Crippen LogP contribution in [0.25, 0.3) is 10.9 Å². The second-order valence-corrected chi connectivity index (χ2v) is 6.48. The predicted molar refractivity (Wildman–Crippen MR) is 110 cm³/mol. The van der Waals surface area contributed by atoms with E-state index in [4.69, 9.17) is 0 Å². The van der Waals surface area contributed by atoms with Crippen LogP contribution >= 0.6 is 0 Å². The fourth-order valence-corrected chi connectivity index (χ4v) is 2.91. The predicted octanol–water partition coefficient (Wildman–Crippen LogP) is 4.37. The number of nitriles is 1. The number of hydrogen-bond acceptors (Lipinski definition) is 6. The van der Waals surface area contributed by atoms with Crippen LogP contribution in [0.2, 0.25) is 0 Å². The molecule has 1 heterocycles. The smallest absolute Gasteiger partial charge is 0.270 e. The number of nitro groups is 1. The molecular weight excluding hydrogens is 370 g/mol. The van der Waals surface area contributed by atoms with Crippen LogP contribution < -0.4 is 10.6 Å². The van der Waals surface area contributed by atoms with Crippen molar-refractivity contribution in [2.24, 2.45) is 0 Å². The molecule has 2 aromatic carbocycles. The van der Waals surface area contributed by atoms with Crippen molar-refractivity contribution >= 4 is 34.0 Å². The average molecular weight is 389 g/mol. The molecule has 29 heavy (non-hydrogen) atoms. The first-order chi connectivity index (χ1) is 14.0. The molecule has 0 radical (unpaired) electrons. The van der Waals surface area contributed by atoms with Crippen LogP contribution in [-0.2, 0) is 11.3 Å². The molecule has 8 heteroatoms. The molecule has 0 aliphatic rings. The minimum Gasteiger partial charge on any atom is -0.366 e. The molecule has 0 fully saturated rings. The Bertz CT molecular complexity index is 1120. The Labute approximate surface area is 167 Å². The van der Waals surface area contributed by atoms with Gasteiger partial charge < -0.3 is 10.6 Å². The first kappa shape index (κ1) is 19.8.